The third-order valence-corrected chi connectivity index (χ3v) is 7.34. The van der Waals surface area contributed by atoms with E-state index >= 15 is 0 Å². The molecule has 1 aliphatic carbocycles. The second-order valence-corrected chi connectivity index (χ2v) is 9.19. The number of hydrogen-bond donors (Lipinski definition) is 0. The predicted octanol–water partition coefficient (Wildman–Crippen LogP) is 4.93. The molecule has 5 rings (SSSR count). The summed E-state index contributed by atoms with van der Waals surface area (Å²) >= 11 is 5.65. The zero-order chi connectivity index (χ0) is 24.1. The molecule has 0 atom stereocenters. The van der Waals surface area contributed by atoms with Crippen molar-refractivity contribution in [2.75, 3.05) is 23.0 Å². The van der Waals surface area contributed by atoms with Crippen molar-refractivity contribution in [3.05, 3.63) is 53.3 Å². The minimum Gasteiger partial charge on any atom is -0.381 e. The smallest absolute Gasteiger partial charge is 0.381 e. The maximum Gasteiger partial charge on any atom is 0.419 e. The van der Waals surface area contributed by atoms with E-state index in [0.29, 0.717) is 18.8 Å². The van der Waals surface area contributed by atoms with Gasteiger partial charge in [-0.2, -0.15) is 18.4 Å². The molecule has 0 unspecified atom stereocenters. The van der Waals surface area contributed by atoms with Crippen LogP contribution in [0.1, 0.15) is 54.8 Å². The summed E-state index contributed by atoms with van der Waals surface area (Å²) in [7, 11) is 0. The Labute approximate surface area is 199 Å². The molecule has 0 N–H and O–H groups in total. The van der Waals surface area contributed by atoms with Crippen molar-refractivity contribution in [1.29, 1.82) is 5.26 Å². The lowest BCUT2D eigenvalue weighted by molar-refractivity contribution is -0.138. The van der Waals surface area contributed by atoms with Crippen molar-refractivity contribution >= 4 is 34.6 Å². The third kappa shape index (κ3) is 3.54. The van der Waals surface area contributed by atoms with Gasteiger partial charge >= 0.3 is 6.18 Å². The lowest BCUT2D eigenvalue weighted by Crippen LogP contribution is -2.55. The van der Waals surface area contributed by atoms with E-state index in [-0.39, 0.29) is 16.7 Å². The van der Waals surface area contributed by atoms with E-state index in [1.54, 1.807) is 4.90 Å². The first-order valence-electron chi connectivity index (χ1n) is 11.1. The van der Waals surface area contributed by atoms with Crippen LogP contribution >= 0.6 is 12.2 Å². The van der Waals surface area contributed by atoms with Crippen LogP contribution in [0.15, 0.2) is 36.5 Å². The average Bonchev–Trinajstić information content (AvgIpc) is 3.05. The minimum absolute atomic E-state index is 0.0890. The molecular formula is C24H21F3N4O2S. The van der Waals surface area contributed by atoms with Crippen molar-refractivity contribution < 1.29 is 22.7 Å². The van der Waals surface area contributed by atoms with Gasteiger partial charge in [0.15, 0.2) is 10.8 Å². The molecule has 34 heavy (non-hydrogen) atoms. The highest BCUT2D eigenvalue weighted by atomic mass is 32.1. The van der Waals surface area contributed by atoms with Gasteiger partial charge in [-0.15, -0.1) is 0 Å². The number of nitrogens with zero attached hydrogens (tertiary/aromatic N) is 4. The summed E-state index contributed by atoms with van der Waals surface area (Å²) in [5.41, 5.74) is -1.02. The van der Waals surface area contributed by atoms with Crippen molar-refractivity contribution in [2.45, 2.75) is 49.7 Å². The molecule has 3 heterocycles. The van der Waals surface area contributed by atoms with Gasteiger partial charge in [0, 0.05) is 18.9 Å². The van der Waals surface area contributed by atoms with Gasteiger partial charge in [0.2, 0.25) is 0 Å². The Bertz CT molecular complexity index is 1180. The zero-order valence-corrected chi connectivity index (χ0v) is 19.0. The van der Waals surface area contributed by atoms with E-state index in [2.05, 4.69) is 4.98 Å². The summed E-state index contributed by atoms with van der Waals surface area (Å²) < 4.78 is 46.0. The number of anilines is 2. The van der Waals surface area contributed by atoms with Crippen LogP contribution in [0.2, 0.25) is 0 Å². The van der Waals surface area contributed by atoms with Crippen LogP contribution < -0.4 is 9.80 Å². The minimum atomic E-state index is -4.79. The summed E-state index contributed by atoms with van der Waals surface area (Å²) in [4.78, 5) is 20.1. The number of ether oxygens (including phenoxy) is 1. The number of carbonyl (C=O) groups is 1. The number of halogens is 3. The number of benzene rings is 1. The molecule has 176 valence electrons. The number of pyridine rings is 1. The van der Waals surface area contributed by atoms with Gasteiger partial charge in [0.25, 0.3) is 5.91 Å². The molecule has 3 aliphatic rings. The number of alkyl halides is 3. The number of nitriles is 1. The van der Waals surface area contributed by atoms with Gasteiger partial charge in [0.1, 0.15) is 11.6 Å². The first-order valence-corrected chi connectivity index (χ1v) is 11.5. The molecule has 2 aliphatic heterocycles. The molecule has 1 saturated carbocycles. The van der Waals surface area contributed by atoms with Crippen molar-refractivity contribution in [1.82, 2.24) is 4.98 Å². The van der Waals surface area contributed by atoms with E-state index < -0.39 is 23.0 Å². The first kappa shape index (κ1) is 22.7. The van der Waals surface area contributed by atoms with Crippen LogP contribution in [-0.4, -0.2) is 34.8 Å². The maximum absolute atomic E-state index is 13.5. The highest BCUT2D eigenvalue weighted by Crippen LogP contribution is 2.48. The molecule has 1 spiro atoms. The molecule has 3 fully saturated rings. The number of hydrogen-bond acceptors (Lipinski definition) is 5. The van der Waals surface area contributed by atoms with E-state index in [1.165, 1.54) is 11.6 Å². The molecule has 1 amide bonds. The molecule has 1 aromatic carbocycles. The van der Waals surface area contributed by atoms with Gasteiger partial charge in [-0.25, -0.2) is 4.98 Å². The number of thiocarbonyl (C=S) groups is 1. The normalized spacial score (nSPS) is 20.5. The Morgan fingerprint density at radius 3 is 2.38 bits per heavy atom. The highest BCUT2D eigenvalue weighted by molar-refractivity contribution is 7.81. The molecule has 1 aromatic heterocycles. The van der Waals surface area contributed by atoms with Crippen molar-refractivity contribution in [3.63, 3.8) is 0 Å². The lowest BCUT2D eigenvalue weighted by atomic mass is 9.75. The van der Waals surface area contributed by atoms with Gasteiger partial charge in [0.05, 0.1) is 17.4 Å². The predicted molar refractivity (Wildman–Crippen MR) is 122 cm³/mol. The maximum atomic E-state index is 13.5. The van der Waals surface area contributed by atoms with Crippen LogP contribution in [0.4, 0.5) is 24.5 Å². The van der Waals surface area contributed by atoms with Crippen LogP contribution in [0.5, 0.6) is 0 Å². The molecule has 2 saturated heterocycles. The Kier molecular flexibility index (Phi) is 5.57. The van der Waals surface area contributed by atoms with Crippen LogP contribution in [-0.2, 0) is 15.7 Å². The fourth-order valence-electron chi connectivity index (χ4n) is 5.02. The van der Waals surface area contributed by atoms with E-state index in [9.17, 15) is 18.0 Å². The highest BCUT2D eigenvalue weighted by Gasteiger charge is 2.59. The van der Waals surface area contributed by atoms with Crippen LogP contribution in [0.25, 0.3) is 0 Å². The van der Waals surface area contributed by atoms with Gasteiger partial charge in [-0.3, -0.25) is 9.69 Å². The van der Waals surface area contributed by atoms with Crippen LogP contribution in [0, 0.1) is 11.3 Å². The topological polar surface area (TPSA) is 69.5 Å². The molecule has 10 heteroatoms. The monoisotopic (exact) mass is 486 g/mol. The third-order valence-electron chi connectivity index (χ3n) is 6.98. The Morgan fingerprint density at radius 2 is 1.82 bits per heavy atom. The number of amides is 1. The summed E-state index contributed by atoms with van der Waals surface area (Å²) in [6, 6.07) is 10.1. The molecule has 2 aromatic rings. The lowest BCUT2D eigenvalue weighted by Gasteiger charge is -2.43. The first-order chi connectivity index (χ1) is 16.3. The average molecular weight is 487 g/mol. The quantitative estimate of drug-likeness (QED) is 0.574. The second-order valence-electron chi connectivity index (χ2n) is 8.82. The largest absolute Gasteiger partial charge is 0.419 e. The fourth-order valence-corrected chi connectivity index (χ4v) is 5.48. The summed E-state index contributed by atoms with van der Waals surface area (Å²) in [5, 5.41) is 9.16. The second kappa shape index (κ2) is 8.32. The van der Waals surface area contributed by atoms with E-state index in [4.69, 9.17) is 22.2 Å². The zero-order valence-electron chi connectivity index (χ0n) is 18.1. The SMILES string of the molecule is N#Cc1ncc(N2C(=O)C3(CCC3)N(c3ccc(C4CCOCC4)cc3)C2=S)cc1C(F)(F)F. The molecule has 6 nitrogen and oxygen atoms in total. The van der Waals surface area contributed by atoms with E-state index in [1.807, 2.05) is 24.3 Å². The standard InChI is InChI=1S/C24H21F3N4O2S/c25-24(26,27)19-12-18(14-29-20(19)13-28)30-21(32)23(8-1-9-23)31(22(30)34)17-4-2-15(3-5-17)16-6-10-33-11-7-16/h2-5,12,14,16H,1,6-11H2. The molecular weight excluding hydrogens is 465 g/mol. The Balaban J connectivity index is 1.51. The summed E-state index contributed by atoms with van der Waals surface area (Å²) in [5.74, 6) is 0.0477. The number of rotatable bonds is 3. The summed E-state index contributed by atoms with van der Waals surface area (Å²) in [6.45, 7) is 1.46. The van der Waals surface area contributed by atoms with Gasteiger partial charge < -0.3 is 9.64 Å². The van der Waals surface area contributed by atoms with Crippen molar-refractivity contribution in [2.24, 2.45) is 0 Å². The Morgan fingerprint density at radius 1 is 1.15 bits per heavy atom. The van der Waals surface area contributed by atoms with Crippen molar-refractivity contribution in [3.8, 4) is 6.07 Å². The Hall–Kier alpha value is -3.03. The number of carbonyl (C=O) groups excluding carboxylic acids is 1. The fraction of sp³-hybridized carbons (Fsp3) is 0.417. The summed E-state index contributed by atoms with van der Waals surface area (Å²) in [6.07, 6.45) is 0.141. The van der Waals surface area contributed by atoms with Crippen LogP contribution in [0.3, 0.4) is 0 Å². The molecule has 0 bridgehead atoms. The van der Waals surface area contributed by atoms with Gasteiger partial charge in [-0.05, 0) is 74.0 Å². The van der Waals surface area contributed by atoms with E-state index in [0.717, 1.165) is 55.3 Å². The number of aromatic nitrogens is 1. The molecule has 0 radical (unpaired) electrons. The van der Waals surface area contributed by atoms with Gasteiger partial charge in [-0.1, -0.05) is 12.1 Å².